The summed E-state index contributed by atoms with van der Waals surface area (Å²) in [6.07, 6.45) is 2.61. The molecule has 1 aromatic carbocycles. The van der Waals surface area contributed by atoms with E-state index in [0.717, 1.165) is 24.7 Å². The monoisotopic (exact) mass is 503 g/mol. The molecule has 9 nitrogen and oxygen atoms in total. The van der Waals surface area contributed by atoms with Crippen molar-refractivity contribution in [3.8, 4) is 11.5 Å². The molecule has 1 amide bonds. The molecule has 0 spiro atoms. The molecular weight excluding hydrogens is 478 g/mol. The zero-order valence-electron chi connectivity index (χ0n) is 19.0. The van der Waals surface area contributed by atoms with Gasteiger partial charge in [-0.05, 0) is 31.9 Å². The molecule has 0 bridgehead atoms. The highest BCUT2D eigenvalue weighted by atomic mass is 32.2. The van der Waals surface area contributed by atoms with Gasteiger partial charge in [0.25, 0.3) is 0 Å². The van der Waals surface area contributed by atoms with Crippen LogP contribution in [0, 0.1) is 12.8 Å². The minimum atomic E-state index is -0.716. The molecule has 2 aromatic heterocycles. The largest absolute Gasteiger partial charge is 0.482 e. The van der Waals surface area contributed by atoms with Gasteiger partial charge in [-0.3, -0.25) is 9.59 Å². The molecule has 0 saturated carbocycles. The number of anilines is 1. The molecule has 180 valence electrons. The highest BCUT2D eigenvalue weighted by molar-refractivity contribution is 8.00. The van der Waals surface area contributed by atoms with E-state index in [1.807, 2.05) is 32.9 Å². The SMILES string of the molecule is CCC(CC)C(=O)Nc1nnc(SCc2cc(=O)c(OC(=O)COc3ccc(C)cc3)co2)s1. The van der Waals surface area contributed by atoms with Crippen molar-refractivity contribution in [3.05, 3.63) is 58.1 Å². The van der Waals surface area contributed by atoms with Crippen LogP contribution in [0.25, 0.3) is 0 Å². The Morgan fingerprint density at radius 3 is 2.59 bits per heavy atom. The lowest BCUT2D eigenvalue weighted by Gasteiger charge is -2.09. The number of nitrogens with one attached hydrogen (secondary N) is 1. The minimum Gasteiger partial charge on any atom is -0.482 e. The molecule has 3 aromatic rings. The fraction of sp³-hybridized carbons (Fsp3) is 0.348. The van der Waals surface area contributed by atoms with Crippen LogP contribution in [0.3, 0.4) is 0 Å². The minimum absolute atomic E-state index is 0.0592. The van der Waals surface area contributed by atoms with Crippen LogP contribution in [0.4, 0.5) is 5.13 Å². The first kappa shape index (κ1) is 25.4. The van der Waals surface area contributed by atoms with E-state index in [0.29, 0.717) is 26.7 Å². The van der Waals surface area contributed by atoms with Crippen molar-refractivity contribution < 1.29 is 23.5 Å². The van der Waals surface area contributed by atoms with Gasteiger partial charge in [0.05, 0.1) is 5.75 Å². The van der Waals surface area contributed by atoms with Crippen molar-refractivity contribution in [2.24, 2.45) is 5.92 Å². The molecule has 0 unspecified atom stereocenters. The molecule has 1 N–H and O–H groups in total. The van der Waals surface area contributed by atoms with Crippen molar-refractivity contribution in [2.75, 3.05) is 11.9 Å². The summed E-state index contributed by atoms with van der Waals surface area (Å²) < 4.78 is 16.4. The standard InChI is InChI=1S/C23H25N3O6S2/c1-4-15(5-2)21(29)24-22-25-26-23(34-22)33-13-17-10-18(27)19(11-30-17)32-20(28)12-31-16-8-6-14(3)7-9-16/h6-11,15H,4-5,12-13H2,1-3H3,(H,24,25,29). The second kappa shape index (κ2) is 12.3. The Balaban J connectivity index is 1.49. The summed E-state index contributed by atoms with van der Waals surface area (Å²) in [4.78, 5) is 36.4. The Labute approximate surface area is 204 Å². The fourth-order valence-electron chi connectivity index (χ4n) is 2.84. The summed E-state index contributed by atoms with van der Waals surface area (Å²) in [7, 11) is 0. The molecule has 2 heterocycles. The highest BCUT2D eigenvalue weighted by Gasteiger charge is 2.17. The summed E-state index contributed by atoms with van der Waals surface area (Å²) in [6.45, 7) is 5.54. The molecule has 0 aliphatic rings. The van der Waals surface area contributed by atoms with E-state index >= 15 is 0 Å². The van der Waals surface area contributed by atoms with Gasteiger partial charge >= 0.3 is 5.97 Å². The van der Waals surface area contributed by atoms with Gasteiger partial charge in [0, 0.05) is 12.0 Å². The van der Waals surface area contributed by atoms with Gasteiger partial charge in [-0.25, -0.2) is 4.79 Å². The molecular formula is C23H25N3O6S2. The number of aryl methyl sites for hydroxylation is 1. The maximum Gasteiger partial charge on any atom is 0.349 e. The zero-order chi connectivity index (χ0) is 24.5. The normalized spacial score (nSPS) is 10.8. The van der Waals surface area contributed by atoms with Crippen molar-refractivity contribution in [1.82, 2.24) is 10.2 Å². The van der Waals surface area contributed by atoms with E-state index in [9.17, 15) is 14.4 Å². The number of carbonyl (C=O) groups excluding carboxylic acids is 2. The number of nitrogens with zero attached hydrogens (tertiary/aromatic N) is 2. The third-order valence-electron chi connectivity index (χ3n) is 4.78. The lowest BCUT2D eigenvalue weighted by Crippen LogP contribution is -2.21. The quantitative estimate of drug-likeness (QED) is 0.230. The second-order valence-corrected chi connectivity index (χ2v) is 9.52. The number of aromatic nitrogens is 2. The van der Waals surface area contributed by atoms with Crippen LogP contribution in [0.15, 0.2) is 50.1 Å². The van der Waals surface area contributed by atoms with Crippen LogP contribution in [-0.2, 0) is 15.3 Å². The molecule has 34 heavy (non-hydrogen) atoms. The van der Waals surface area contributed by atoms with Crippen LogP contribution in [-0.4, -0.2) is 28.7 Å². The van der Waals surface area contributed by atoms with Crippen molar-refractivity contribution in [2.45, 2.75) is 43.7 Å². The number of esters is 1. The lowest BCUT2D eigenvalue weighted by molar-refractivity contribution is -0.136. The smallest absolute Gasteiger partial charge is 0.349 e. The van der Waals surface area contributed by atoms with Crippen LogP contribution < -0.4 is 20.2 Å². The Morgan fingerprint density at radius 2 is 1.91 bits per heavy atom. The number of rotatable bonds is 11. The fourth-order valence-corrected chi connectivity index (χ4v) is 4.48. The van der Waals surface area contributed by atoms with E-state index in [1.165, 1.54) is 29.2 Å². The molecule has 3 rings (SSSR count). The number of hydrogen-bond donors (Lipinski definition) is 1. The third-order valence-corrected chi connectivity index (χ3v) is 6.78. The Morgan fingerprint density at radius 1 is 1.18 bits per heavy atom. The summed E-state index contributed by atoms with van der Waals surface area (Å²) in [5.74, 6) is 0.157. The summed E-state index contributed by atoms with van der Waals surface area (Å²) in [5, 5.41) is 11.2. The number of carbonyl (C=O) groups is 2. The Bertz CT molecular complexity index is 1170. The van der Waals surface area contributed by atoms with Gasteiger partial charge in [-0.1, -0.05) is 54.6 Å². The molecule has 0 aliphatic heterocycles. The summed E-state index contributed by atoms with van der Waals surface area (Å²) in [5.41, 5.74) is 0.585. The predicted octanol–water partition coefficient (Wildman–Crippen LogP) is 4.45. The Kier molecular flexibility index (Phi) is 9.23. The van der Waals surface area contributed by atoms with Gasteiger partial charge in [0.15, 0.2) is 10.9 Å². The van der Waals surface area contributed by atoms with Gasteiger partial charge in [0.1, 0.15) is 17.8 Å². The van der Waals surface area contributed by atoms with Crippen LogP contribution in [0.1, 0.15) is 38.0 Å². The molecule has 0 radical (unpaired) electrons. The number of ether oxygens (including phenoxy) is 2. The number of benzene rings is 1. The first-order valence-corrected chi connectivity index (χ1v) is 12.5. The average molecular weight is 504 g/mol. The second-order valence-electron chi connectivity index (χ2n) is 7.32. The van der Waals surface area contributed by atoms with Gasteiger partial charge < -0.3 is 19.2 Å². The molecule has 11 heteroatoms. The average Bonchev–Trinajstić information content (AvgIpc) is 3.27. The molecule has 0 atom stereocenters. The maximum atomic E-state index is 12.3. The molecule has 0 aliphatic carbocycles. The van der Waals surface area contributed by atoms with E-state index in [1.54, 1.807) is 12.1 Å². The van der Waals surface area contributed by atoms with E-state index in [2.05, 4.69) is 15.5 Å². The van der Waals surface area contributed by atoms with Gasteiger partial charge in [-0.2, -0.15) is 0 Å². The summed E-state index contributed by atoms with van der Waals surface area (Å²) >= 11 is 2.55. The van der Waals surface area contributed by atoms with Crippen LogP contribution in [0.2, 0.25) is 0 Å². The van der Waals surface area contributed by atoms with Gasteiger partial charge in [0.2, 0.25) is 22.2 Å². The lowest BCUT2D eigenvalue weighted by atomic mass is 10.0. The highest BCUT2D eigenvalue weighted by Crippen LogP contribution is 2.28. The first-order chi connectivity index (χ1) is 16.4. The van der Waals surface area contributed by atoms with Gasteiger partial charge in [-0.15, -0.1) is 10.2 Å². The maximum absolute atomic E-state index is 12.3. The van der Waals surface area contributed by atoms with Crippen LogP contribution >= 0.6 is 23.1 Å². The predicted molar refractivity (Wildman–Crippen MR) is 129 cm³/mol. The van der Waals surface area contributed by atoms with E-state index in [-0.39, 0.29) is 24.2 Å². The first-order valence-electron chi connectivity index (χ1n) is 10.7. The van der Waals surface area contributed by atoms with Crippen molar-refractivity contribution >= 4 is 40.1 Å². The molecule has 0 fully saturated rings. The van der Waals surface area contributed by atoms with E-state index < -0.39 is 11.4 Å². The Hall–Kier alpha value is -3.18. The number of hydrogen-bond acceptors (Lipinski definition) is 10. The van der Waals surface area contributed by atoms with Crippen molar-refractivity contribution in [1.29, 1.82) is 0 Å². The van der Waals surface area contributed by atoms with Crippen LogP contribution in [0.5, 0.6) is 11.5 Å². The third kappa shape index (κ3) is 7.42. The zero-order valence-corrected chi connectivity index (χ0v) is 20.7. The number of thioether (sulfide) groups is 1. The topological polar surface area (TPSA) is 121 Å². The summed E-state index contributed by atoms with van der Waals surface area (Å²) in [6, 6.07) is 8.46. The van der Waals surface area contributed by atoms with E-state index in [4.69, 9.17) is 13.9 Å². The molecule has 0 saturated heterocycles. The van der Waals surface area contributed by atoms with Crippen molar-refractivity contribution in [3.63, 3.8) is 0 Å². The number of amides is 1.